The lowest BCUT2D eigenvalue weighted by molar-refractivity contribution is 0.324. The van der Waals surface area contributed by atoms with Crippen molar-refractivity contribution in [1.29, 1.82) is 0 Å². The lowest BCUT2D eigenvalue weighted by Crippen LogP contribution is -2.24. The quantitative estimate of drug-likeness (QED) is 0.748. The highest BCUT2D eigenvalue weighted by Gasteiger charge is 2.10. The van der Waals surface area contributed by atoms with E-state index in [0.29, 0.717) is 0 Å². The Bertz CT molecular complexity index is 398. The number of halogens is 1. The van der Waals surface area contributed by atoms with Crippen molar-refractivity contribution in [2.75, 3.05) is 19.6 Å². The van der Waals surface area contributed by atoms with Crippen molar-refractivity contribution >= 4 is 11.6 Å². The first-order valence-corrected chi connectivity index (χ1v) is 6.08. The minimum absolute atomic E-state index is 0.0681. The van der Waals surface area contributed by atoms with Crippen LogP contribution in [0.3, 0.4) is 0 Å². The van der Waals surface area contributed by atoms with Gasteiger partial charge in [0.2, 0.25) is 0 Å². The van der Waals surface area contributed by atoms with Gasteiger partial charge in [0, 0.05) is 12.6 Å². The first kappa shape index (κ1) is 11.6. The third-order valence-electron chi connectivity index (χ3n) is 2.92. The van der Waals surface area contributed by atoms with Crippen LogP contribution in [0.2, 0.25) is 5.15 Å². The predicted octanol–water partition coefficient (Wildman–Crippen LogP) is 1.38. The maximum Gasteiger partial charge on any atom is 0.254 e. The number of likely N-dealkylation sites (tertiary alicyclic amines) is 1. The zero-order chi connectivity index (χ0) is 11.4. The van der Waals surface area contributed by atoms with E-state index >= 15 is 0 Å². The summed E-state index contributed by atoms with van der Waals surface area (Å²) in [5, 5.41) is 0.265. The maximum absolute atomic E-state index is 11.5. The fraction of sp³-hybridized carbons (Fsp3) is 0.636. The van der Waals surface area contributed by atoms with Crippen molar-refractivity contribution in [3.63, 3.8) is 0 Å². The second-order valence-corrected chi connectivity index (χ2v) is 4.53. The number of aromatic nitrogens is 2. The fourth-order valence-corrected chi connectivity index (χ4v) is 2.18. The monoisotopic (exact) mass is 241 g/mol. The van der Waals surface area contributed by atoms with Gasteiger partial charge in [-0.25, -0.2) is 4.98 Å². The summed E-state index contributed by atoms with van der Waals surface area (Å²) in [6.45, 7) is 4.19. The minimum Gasteiger partial charge on any atom is -0.303 e. The molecule has 0 aliphatic carbocycles. The van der Waals surface area contributed by atoms with Crippen molar-refractivity contribution in [3.05, 3.63) is 27.9 Å². The van der Waals surface area contributed by atoms with Gasteiger partial charge in [-0.3, -0.25) is 9.36 Å². The molecule has 0 N–H and O–H groups in total. The molecule has 16 heavy (non-hydrogen) atoms. The number of aryl methyl sites for hydroxylation is 1. The van der Waals surface area contributed by atoms with E-state index in [-0.39, 0.29) is 10.7 Å². The van der Waals surface area contributed by atoms with Gasteiger partial charge in [0.25, 0.3) is 5.56 Å². The Kier molecular flexibility index (Phi) is 3.96. The molecule has 0 unspecified atom stereocenters. The Morgan fingerprint density at radius 2 is 2.06 bits per heavy atom. The highest BCUT2D eigenvalue weighted by molar-refractivity contribution is 6.29. The van der Waals surface area contributed by atoms with E-state index in [4.69, 9.17) is 11.6 Å². The van der Waals surface area contributed by atoms with Gasteiger partial charge in [-0.2, -0.15) is 0 Å². The molecular weight excluding hydrogens is 226 g/mol. The lowest BCUT2D eigenvalue weighted by Gasteiger charge is -2.14. The van der Waals surface area contributed by atoms with E-state index in [0.717, 1.165) is 19.5 Å². The maximum atomic E-state index is 11.5. The molecule has 0 amide bonds. The molecule has 1 aliphatic rings. The first-order valence-electron chi connectivity index (χ1n) is 5.70. The van der Waals surface area contributed by atoms with E-state index in [1.807, 2.05) is 0 Å². The van der Waals surface area contributed by atoms with Crippen LogP contribution in [-0.2, 0) is 6.54 Å². The molecule has 1 saturated heterocycles. The molecule has 0 bridgehead atoms. The van der Waals surface area contributed by atoms with E-state index in [1.54, 1.807) is 4.57 Å². The Labute approximate surface area is 99.9 Å². The van der Waals surface area contributed by atoms with Gasteiger partial charge in [0.05, 0.1) is 6.33 Å². The third kappa shape index (κ3) is 3.06. The van der Waals surface area contributed by atoms with E-state index in [9.17, 15) is 4.79 Å². The number of nitrogens with zero attached hydrogens (tertiary/aromatic N) is 3. The summed E-state index contributed by atoms with van der Waals surface area (Å²) in [6.07, 6.45) is 5.13. The molecular formula is C11H16ClN3O. The zero-order valence-electron chi connectivity index (χ0n) is 9.23. The van der Waals surface area contributed by atoms with E-state index in [1.165, 1.54) is 38.3 Å². The highest BCUT2D eigenvalue weighted by Crippen LogP contribution is 2.07. The Hall–Kier alpha value is -0.870. The summed E-state index contributed by atoms with van der Waals surface area (Å²) in [6, 6.07) is 1.36. The molecule has 1 aliphatic heterocycles. The fourth-order valence-electron chi connectivity index (χ4n) is 2.04. The molecule has 0 radical (unpaired) electrons. The van der Waals surface area contributed by atoms with Crippen LogP contribution in [0.1, 0.15) is 19.3 Å². The van der Waals surface area contributed by atoms with Gasteiger partial charge < -0.3 is 4.90 Å². The second-order valence-electron chi connectivity index (χ2n) is 4.15. The van der Waals surface area contributed by atoms with E-state index in [2.05, 4.69) is 9.88 Å². The van der Waals surface area contributed by atoms with Crippen molar-refractivity contribution in [2.45, 2.75) is 25.8 Å². The standard InChI is InChI=1S/C11H16ClN3O/c12-10-8-11(16)15(9-13-10)7-3-6-14-4-1-2-5-14/h8-9H,1-7H2. The molecule has 1 aromatic rings. The molecule has 0 spiro atoms. The van der Waals surface area contributed by atoms with Crippen LogP contribution in [0.25, 0.3) is 0 Å². The number of hydrogen-bond donors (Lipinski definition) is 0. The Balaban J connectivity index is 1.82. The summed E-state index contributed by atoms with van der Waals surface area (Å²) in [5.74, 6) is 0. The molecule has 0 aromatic carbocycles. The van der Waals surface area contributed by atoms with Crippen LogP contribution < -0.4 is 5.56 Å². The summed E-state index contributed by atoms with van der Waals surface area (Å²) in [7, 11) is 0. The van der Waals surface area contributed by atoms with Crippen LogP contribution in [0.4, 0.5) is 0 Å². The van der Waals surface area contributed by atoms with Gasteiger partial charge in [-0.1, -0.05) is 11.6 Å². The predicted molar refractivity (Wildman–Crippen MR) is 63.8 cm³/mol. The van der Waals surface area contributed by atoms with Crippen LogP contribution in [0.15, 0.2) is 17.2 Å². The average molecular weight is 242 g/mol. The average Bonchev–Trinajstić information content (AvgIpc) is 2.74. The SMILES string of the molecule is O=c1cc(Cl)ncn1CCCN1CCCC1. The summed E-state index contributed by atoms with van der Waals surface area (Å²) >= 11 is 5.62. The van der Waals surface area contributed by atoms with Crippen molar-refractivity contribution in [3.8, 4) is 0 Å². The molecule has 5 heteroatoms. The molecule has 1 fully saturated rings. The zero-order valence-corrected chi connectivity index (χ0v) is 9.99. The molecule has 0 atom stereocenters. The smallest absolute Gasteiger partial charge is 0.254 e. The lowest BCUT2D eigenvalue weighted by atomic mass is 10.4. The largest absolute Gasteiger partial charge is 0.303 e. The molecule has 4 nitrogen and oxygen atoms in total. The minimum atomic E-state index is -0.0681. The van der Waals surface area contributed by atoms with E-state index < -0.39 is 0 Å². The second kappa shape index (κ2) is 5.46. The van der Waals surface area contributed by atoms with Crippen molar-refractivity contribution in [1.82, 2.24) is 14.5 Å². The molecule has 0 saturated carbocycles. The van der Waals surface area contributed by atoms with Crippen LogP contribution >= 0.6 is 11.6 Å². The molecule has 2 heterocycles. The van der Waals surface area contributed by atoms with Crippen molar-refractivity contribution < 1.29 is 0 Å². The summed E-state index contributed by atoms with van der Waals surface area (Å²) in [5.41, 5.74) is -0.0681. The van der Waals surface area contributed by atoms with Crippen molar-refractivity contribution in [2.24, 2.45) is 0 Å². The summed E-state index contributed by atoms with van der Waals surface area (Å²) < 4.78 is 1.61. The van der Waals surface area contributed by atoms with Gasteiger partial charge in [0.15, 0.2) is 0 Å². The molecule has 1 aromatic heterocycles. The van der Waals surface area contributed by atoms with Gasteiger partial charge >= 0.3 is 0 Å². The van der Waals surface area contributed by atoms with Crippen LogP contribution in [0.5, 0.6) is 0 Å². The first-order chi connectivity index (χ1) is 7.75. The number of hydrogen-bond acceptors (Lipinski definition) is 3. The Morgan fingerprint density at radius 1 is 1.31 bits per heavy atom. The van der Waals surface area contributed by atoms with Crippen LogP contribution in [0, 0.1) is 0 Å². The van der Waals surface area contributed by atoms with Crippen LogP contribution in [-0.4, -0.2) is 34.1 Å². The van der Waals surface area contributed by atoms with Gasteiger partial charge in [-0.15, -0.1) is 0 Å². The normalized spacial score (nSPS) is 16.8. The Morgan fingerprint density at radius 3 is 2.75 bits per heavy atom. The molecule has 88 valence electrons. The highest BCUT2D eigenvalue weighted by atomic mass is 35.5. The number of rotatable bonds is 4. The van der Waals surface area contributed by atoms with Gasteiger partial charge in [0.1, 0.15) is 5.15 Å². The van der Waals surface area contributed by atoms with Gasteiger partial charge in [-0.05, 0) is 38.9 Å². The summed E-state index contributed by atoms with van der Waals surface area (Å²) in [4.78, 5) is 17.8. The molecule has 2 rings (SSSR count). The third-order valence-corrected chi connectivity index (χ3v) is 3.12. The topological polar surface area (TPSA) is 38.1 Å².